The van der Waals surface area contributed by atoms with Crippen LogP contribution in [-0.4, -0.2) is 61.9 Å². The second-order valence-electron chi connectivity index (χ2n) is 5.92. The number of ether oxygens (including phenoxy) is 2. The third-order valence-electron chi connectivity index (χ3n) is 4.94. The zero-order valence-electron chi connectivity index (χ0n) is 11.7. The second kappa shape index (κ2) is 5.38. The predicted molar refractivity (Wildman–Crippen MR) is 70.9 cm³/mol. The van der Waals surface area contributed by atoms with E-state index in [1.54, 1.807) is 0 Å². The summed E-state index contributed by atoms with van der Waals surface area (Å²) < 4.78 is 10.7. The van der Waals surface area contributed by atoms with Gasteiger partial charge in [0.15, 0.2) is 0 Å². The van der Waals surface area contributed by atoms with E-state index in [1.807, 2.05) is 0 Å². The van der Waals surface area contributed by atoms with Gasteiger partial charge in [0.2, 0.25) is 0 Å². The molecule has 3 heterocycles. The van der Waals surface area contributed by atoms with Crippen LogP contribution in [0.1, 0.15) is 32.1 Å². The maximum absolute atomic E-state index is 12.3. The topological polar surface area (TPSA) is 50.8 Å². The Morgan fingerprint density at radius 2 is 2.32 bits per heavy atom. The van der Waals surface area contributed by atoms with Crippen LogP contribution in [0.2, 0.25) is 0 Å². The van der Waals surface area contributed by atoms with Gasteiger partial charge in [-0.15, -0.1) is 0 Å². The van der Waals surface area contributed by atoms with Crippen molar-refractivity contribution >= 4 is 5.97 Å². The summed E-state index contributed by atoms with van der Waals surface area (Å²) in [5.41, 5.74) is -0.503. The normalized spacial score (nSPS) is 38.6. The summed E-state index contributed by atoms with van der Waals surface area (Å²) in [5.74, 6) is -0.0973. The first-order chi connectivity index (χ1) is 9.26. The average Bonchev–Trinajstić information content (AvgIpc) is 3.13. The number of nitrogens with zero attached hydrogens (tertiary/aromatic N) is 1. The quantitative estimate of drug-likeness (QED) is 0.754. The van der Waals surface area contributed by atoms with Gasteiger partial charge in [-0.25, -0.2) is 4.79 Å². The Morgan fingerprint density at radius 3 is 3.05 bits per heavy atom. The second-order valence-corrected chi connectivity index (χ2v) is 5.92. The molecule has 5 heteroatoms. The van der Waals surface area contributed by atoms with Crippen molar-refractivity contribution in [1.82, 2.24) is 10.2 Å². The van der Waals surface area contributed by atoms with Gasteiger partial charge in [-0.1, -0.05) is 0 Å². The summed E-state index contributed by atoms with van der Waals surface area (Å²) in [6.07, 6.45) is 5.62. The lowest BCUT2D eigenvalue weighted by atomic mass is 9.88. The Labute approximate surface area is 114 Å². The van der Waals surface area contributed by atoms with Crippen LogP contribution < -0.4 is 5.32 Å². The predicted octanol–water partition coefficient (Wildman–Crippen LogP) is 0.535. The molecule has 0 aliphatic carbocycles. The highest BCUT2D eigenvalue weighted by atomic mass is 16.5. The molecule has 1 N–H and O–H groups in total. The SMILES string of the molecule is COC(=O)C1(NCC2CCCO2)CCN2CCCC21. The van der Waals surface area contributed by atoms with Crippen LogP contribution in [-0.2, 0) is 14.3 Å². The number of nitrogens with one attached hydrogen (secondary N) is 1. The average molecular weight is 268 g/mol. The third-order valence-corrected chi connectivity index (χ3v) is 4.94. The molecule has 3 atom stereocenters. The molecule has 0 aromatic rings. The van der Waals surface area contributed by atoms with E-state index in [1.165, 1.54) is 13.5 Å². The summed E-state index contributed by atoms with van der Waals surface area (Å²) >= 11 is 0. The monoisotopic (exact) mass is 268 g/mol. The molecule has 5 nitrogen and oxygen atoms in total. The molecule has 0 bridgehead atoms. The number of hydrogen-bond acceptors (Lipinski definition) is 5. The summed E-state index contributed by atoms with van der Waals surface area (Å²) in [7, 11) is 1.50. The van der Waals surface area contributed by atoms with Crippen molar-refractivity contribution in [3.63, 3.8) is 0 Å². The fourth-order valence-corrected chi connectivity index (χ4v) is 3.94. The maximum Gasteiger partial charge on any atom is 0.327 e. The third kappa shape index (κ3) is 2.28. The lowest BCUT2D eigenvalue weighted by Crippen LogP contribution is -2.60. The van der Waals surface area contributed by atoms with Crippen LogP contribution in [0.5, 0.6) is 0 Å². The largest absolute Gasteiger partial charge is 0.468 e. The number of carbonyl (C=O) groups is 1. The molecule has 0 aromatic heterocycles. The van der Waals surface area contributed by atoms with E-state index in [-0.39, 0.29) is 12.1 Å². The van der Waals surface area contributed by atoms with Gasteiger partial charge >= 0.3 is 5.97 Å². The smallest absolute Gasteiger partial charge is 0.327 e. The molecule has 0 saturated carbocycles. The molecule has 3 aliphatic rings. The molecule has 3 unspecified atom stereocenters. The maximum atomic E-state index is 12.3. The number of methoxy groups -OCH3 is 1. The van der Waals surface area contributed by atoms with Crippen LogP contribution in [0.3, 0.4) is 0 Å². The van der Waals surface area contributed by atoms with Crippen LogP contribution in [0.25, 0.3) is 0 Å². The minimum absolute atomic E-state index is 0.0973. The Bertz CT molecular complexity index is 344. The number of esters is 1. The molecule has 0 radical (unpaired) electrons. The number of rotatable bonds is 4. The lowest BCUT2D eigenvalue weighted by Gasteiger charge is -2.34. The number of carbonyl (C=O) groups excluding carboxylic acids is 1. The lowest BCUT2D eigenvalue weighted by molar-refractivity contribution is -0.149. The first kappa shape index (κ1) is 13.3. The Morgan fingerprint density at radius 1 is 1.42 bits per heavy atom. The van der Waals surface area contributed by atoms with Crippen LogP contribution in [0, 0.1) is 0 Å². The highest BCUT2D eigenvalue weighted by Crippen LogP contribution is 2.37. The summed E-state index contributed by atoms with van der Waals surface area (Å²) in [4.78, 5) is 14.8. The molecule has 3 fully saturated rings. The van der Waals surface area contributed by atoms with Crippen molar-refractivity contribution in [1.29, 1.82) is 0 Å². The summed E-state index contributed by atoms with van der Waals surface area (Å²) in [6, 6.07) is 0.307. The fraction of sp³-hybridized carbons (Fsp3) is 0.929. The van der Waals surface area contributed by atoms with Gasteiger partial charge in [0.05, 0.1) is 13.2 Å². The van der Waals surface area contributed by atoms with Crippen molar-refractivity contribution < 1.29 is 14.3 Å². The first-order valence-electron chi connectivity index (χ1n) is 7.45. The van der Waals surface area contributed by atoms with Gasteiger partial charge < -0.3 is 9.47 Å². The van der Waals surface area contributed by atoms with E-state index >= 15 is 0 Å². The highest BCUT2D eigenvalue weighted by molar-refractivity contribution is 5.82. The van der Waals surface area contributed by atoms with Crippen LogP contribution in [0.4, 0.5) is 0 Å². The summed E-state index contributed by atoms with van der Waals surface area (Å²) in [5, 5.41) is 3.52. The van der Waals surface area contributed by atoms with Gasteiger partial charge in [0.1, 0.15) is 5.54 Å². The van der Waals surface area contributed by atoms with Gasteiger partial charge in [-0.05, 0) is 38.6 Å². The highest BCUT2D eigenvalue weighted by Gasteiger charge is 2.54. The van der Waals surface area contributed by atoms with Crippen molar-refractivity contribution in [2.45, 2.75) is 49.8 Å². The molecule has 3 rings (SSSR count). The van der Waals surface area contributed by atoms with Crippen molar-refractivity contribution in [3.8, 4) is 0 Å². The first-order valence-corrected chi connectivity index (χ1v) is 7.45. The Balaban J connectivity index is 1.71. The molecule has 3 aliphatic heterocycles. The molecule has 3 saturated heterocycles. The van der Waals surface area contributed by atoms with Crippen molar-refractivity contribution in [2.75, 3.05) is 33.4 Å². The fourth-order valence-electron chi connectivity index (χ4n) is 3.94. The molecule has 108 valence electrons. The van der Waals surface area contributed by atoms with E-state index in [9.17, 15) is 4.79 Å². The molecule has 0 aromatic carbocycles. The van der Waals surface area contributed by atoms with E-state index in [0.29, 0.717) is 6.04 Å². The van der Waals surface area contributed by atoms with Gasteiger partial charge in [0.25, 0.3) is 0 Å². The van der Waals surface area contributed by atoms with Gasteiger partial charge in [-0.2, -0.15) is 0 Å². The number of fused-ring (bicyclic) bond motifs is 1. The molecular formula is C14H24N2O3. The zero-order valence-corrected chi connectivity index (χ0v) is 11.7. The van der Waals surface area contributed by atoms with Crippen LogP contribution in [0.15, 0.2) is 0 Å². The van der Waals surface area contributed by atoms with Gasteiger partial charge in [-0.3, -0.25) is 10.2 Å². The molecule has 0 amide bonds. The minimum Gasteiger partial charge on any atom is -0.468 e. The zero-order chi connectivity index (χ0) is 13.3. The molecule has 0 spiro atoms. The van der Waals surface area contributed by atoms with Crippen molar-refractivity contribution in [3.05, 3.63) is 0 Å². The Hall–Kier alpha value is -0.650. The minimum atomic E-state index is -0.503. The molecular weight excluding hydrogens is 244 g/mol. The standard InChI is InChI=1S/C14H24N2O3/c1-18-13(17)14(15-10-11-4-3-9-19-11)6-8-16-7-2-5-12(14)16/h11-12,15H,2-10H2,1H3. The molecule has 19 heavy (non-hydrogen) atoms. The van der Waals surface area contributed by atoms with E-state index in [0.717, 1.165) is 51.9 Å². The summed E-state index contributed by atoms with van der Waals surface area (Å²) in [6.45, 7) is 3.73. The van der Waals surface area contributed by atoms with E-state index in [4.69, 9.17) is 9.47 Å². The van der Waals surface area contributed by atoms with Crippen molar-refractivity contribution in [2.24, 2.45) is 0 Å². The van der Waals surface area contributed by atoms with Gasteiger partial charge in [0, 0.05) is 25.7 Å². The van der Waals surface area contributed by atoms with E-state index < -0.39 is 5.54 Å². The Kier molecular flexibility index (Phi) is 3.78. The van der Waals surface area contributed by atoms with E-state index in [2.05, 4.69) is 10.2 Å². The number of hydrogen-bond donors (Lipinski definition) is 1. The van der Waals surface area contributed by atoms with Crippen LogP contribution >= 0.6 is 0 Å².